The standard InChI is InChI=1S/C18H30O2/c1-15-9-7-8-13-18(14-12-15,17(19)20)16-10-5-3-2-4-6-11-16/h12,14-16H,2-11,13H2,1H3,(H,19,20). The zero-order valence-corrected chi connectivity index (χ0v) is 12.9. The molecule has 1 N–H and O–H groups in total. The van der Waals surface area contributed by atoms with Gasteiger partial charge >= 0.3 is 5.97 Å². The van der Waals surface area contributed by atoms with E-state index in [9.17, 15) is 9.90 Å². The molecule has 0 saturated heterocycles. The van der Waals surface area contributed by atoms with Crippen molar-refractivity contribution in [1.29, 1.82) is 0 Å². The normalized spacial score (nSPS) is 33.8. The van der Waals surface area contributed by atoms with E-state index in [2.05, 4.69) is 19.1 Å². The van der Waals surface area contributed by atoms with E-state index in [4.69, 9.17) is 0 Å². The Labute approximate surface area is 123 Å². The van der Waals surface area contributed by atoms with Crippen molar-refractivity contribution in [2.45, 2.75) is 77.6 Å². The molecule has 0 bridgehead atoms. The highest BCUT2D eigenvalue weighted by molar-refractivity contribution is 5.77. The molecule has 2 aliphatic carbocycles. The molecule has 0 amide bonds. The van der Waals surface area contributed by atoms with Crippen LogP contribution in [0.1, 0.15) is 77.6 Å². The highest BCUT2D eigenvalue weighted by Gasteiger charge is 2.43. The summed E-state index contributed by atoms with van der Waals surface area (Å²) in [6.45, 7) is 2.21. The lowest BCUT2D eigenvalue weighted by molar-refractivity contribution is -0.150. The molecule has 0 heterocycles. The lowest BCUT2D eigenvalue weighted by atomic mass is 9.66. The average Bonchev–Trinajstić information content (AvgIpc) is 2.35. The summed E-state index contributed by atoms with van der Waals surface area (Å²) in [6, 6.07) is 0. The van der Waals surface area contributed by atoms with Crippen molar-refractivity contribution in [3.63, 3.8) is 0 Å². The quantitative estimate of drug-likeness (QED) is 0.706. The van der Waals surface area contributed by atoms with Gasteiger partial charge in [0.25, 0.3) is 0 Å². The smallest absolute Gasteiger partial charge is 0.313 e. The fraction of sp³-hybridized carbons (Fsp3) is 0.833. The van der Waals surface area contributed by atoms with E-state index in [1.165, 1.54) is 44.9 Å². The summed E-state index contributed by atoms with van der Waals surface area (Å²) in [7, 11) is 0. The minimum Gasteiger partial charge on any atom is -0.481 e. The summed E-state index contributed by atoms with van der Waals surface area (Å²) in [5, 5.41) is 9.96. The Bertz CT molecular complexity index is 339. The van der Waals surface area contributed by atoms with Gasteiger partial charge in [0.2, 0.25) is 0 Å². The van der Waals surface area contributed by atoms with Gasteiger partial charge in [-0.2, -0.15) is 0 Å². The maximum atomic E-state index is 12.1. The minimum absolute atomic E-state index is 0.349. The SMILES string of the molecule is CC1C=CC(C(=O)O)(C2CCCCCCC2)CCCC1. The Balaban J connectivity index is 2.23. The second-order valence-corrected chi connectivity index (χ2v) is 6.97. The Kier molecular flexibility index (Phi) is 5.68. The molecule has 2 heteroatoms. The predicted octanol–water partition coefficient (Wildman–Crippen LogP) is 5.18. The summed E-state index contributed by atoms with van der Waals surface area (Å²) in [5.74, 6) is 0.304. The van der Waals surface area contributed by atoms with Crippen molar-refractivity contribution in [1.82, 2.24) is 0 Å². The van der Waals surface area contributed by atoms with E-state index in [1.807, 2.05) is 0 Å². The average molecular weight is 278 g/mol. The molecule has 0 aromatic carbocycles. The zero-order valence-electron chi connectivity index (χ0n) is 12.9. The number of carbonyl (C=O) groups is 1. The van der Waals surface area contributed by atoms with Gasteiger partial charge in [-0.05, 0) is 37.5 Å². The maximum Gasteiger partial charge on any atom is 0.313 e. The van der Waals surface area contributed by atoms with E-state index in [-0.39, 0.29) is 0 Å². The van der Waals surface area contributed by atoms with Gasteiger partial charge in [0.1, 0.15) is 0 Å². The highest BCUT2D eigenvalue weighted by Crippen LogP contribution is 2.44. The highest BCUT2D eigenvalue weighted by atomic mass is 16.4. The minimum atomic E-state index is -0.577. The first kappa shape index (κ1) is 15.6. The molecule has 0 aromatic rings. The van der Waals surface area contributed by atoms with Crippen LogP contribution < -0.4 is 0 Å². The zero-order chi connectivity index (χ0) is 14.4. The first-order chi connectivity index (χ1) is 9.65. The molecule has 20 heavy (non-hydrogen) atoms. The van der Waals surface area contributed by atoms with Gasteiger partial charge in [-0.3, -0.25) is 4.79 Å². The van der Waals surface area contributed by atoms with Gasteiger partial charge in [0.15, 0.2) is 0 Å². The largest absolute Gasteiger partial charge is 0.481 e. The van der Waals surface area contributed by atoms with Gasteiger partial charge in [-0.15, -0.1) is 0 Å². The molecular formula is C18H30O2. The van der Waals surface area contributed by atoms with E-state index >= 15 is 0 Å². The van der Waals surface area contributed by atoms with Crippen molar-refractivity contribution in [3.05, 3.63) is 12.2 Å². The molecule has 2 unspecified atom stereocenters. The topological polar surface area (TPSA) is 37.3 Å². The van der Waals surface area contributed by atoms with E-state index < -0.39 is 11.4 Å². The van der Waals surface area contributed by atoms with Crippen molar-refractivity contribution >= 4 is 5.97 Å². The fourth-order valence-electron chi connectivity index (χ4n) is 4.06. The number of hydrogen-bond acceptors (Lipinski definition) is 1. The van der Waals surface area contributed by atoms with Crippen molar-refractivity contribution in [2.24, 2.45) is 17.3 Å². The van der Waals surface area contributed by atoms with E-state index in [1.54, 1.807) is 0 Å². The summed E-state index contributed by atoms with van der Waals surface area (Å²) < 4.78 is 0. The van der Waals surface area contributed by atoms with Gasteiger partial charge in [-0.1, -0.05) is 64.0 Å². The first-order valence-corrected chi connectivity index (χ1v) is 8.58. The van der Waals surface area contributed by atoms with Gasteiger partial charge in [-0.25, -0.2) is 0 Å². The molecule has 2 atom stereocenters. The molecule has 0 radical (unpaired) electrons. The van der Waals surface area contributed by atoms with Crippen LogP contribution in [-0.4, -0.2) is 11.1 Å². The third-order valence-electron chi connectivity index (χ3n) is 5.45. The van der Waals surface area contributed by atoms with Gasteiger partial charge < -0.3 is 5.11 Å². The fourth-order valence-corrected chi connectivity index (χ4v) is 4.06. The van der Waals surface area contributed by atoms with Crippen LogP contribution in [0.25, 0.3) is 0 Å². The Hall–Kier alpha value is -0.790. The Morgan fingerprint density at radius 3 is 2.25 bits per heavy atom. The number of rotatable bonds is 2. The molecule has 114 valence electrons. The Morgan fingerprint density at radius 2 is 1.60 bits per heavy atom. The Morgan fingerprint density at radius 1 is 1.00 bits per heavy atom. The lowest BCUT2D eigenvalue weighted by Gasteiger charge is -2.37. The van der Waals surface area contributed by atoms with Crippen molar-refractivity contribution in [2.75, 3.05) is 0 Å². The lowest BCUT2D eigenvalue weighted by Crippen LogP contribution is -2.38. The number of allylic oxidation sites excluding steroid dienone is 1. The van der Waals surface area contributed by atoms with Crippen molar-refractivity contribution in [3.8, 4) is 0 Å². The molecule has 0 aliphatic heterocycles. The van der Waals surface area contributed by atoms with Crippen LogP contribution in [0.5, 0.6) is 0 Å². The molecule has 1 fully saturated rings. The monoisotopic (exact) mass is 278 g/mol. The number of hydrogen-bond donors (Lipinski definition) is 1. The maximum absolute atomic E-state index is 12.1. The molecule has 1 saturated carbocycles. The first-order valence-electron chi connectivity index (χ1n) is 8.58. The summed E-state index contributed by atoms with van der Waals surface area (Å²) in [5.41, 5.74) is -0.577. The van der Waals surface area contributed by atoms with Crippen LogP contribution in [0.15, 0.2) is 12.2 Å². The third kappa shape index (κ3) is 3.65. The van der Waals surface area contributed by atoms with Crippen LogP contribution >= 0.6 is 0 Å². The summed E-state index contributed by atoms with van der Waals surface area (Å²) in [4.78, 5) is 12.1. The van der Waals surface area contributed by atoms with Crippen molar-refractivity contribution < 1.29 is 9.90 Å². The molecule has 0 spiro atoms. The molecule has 2 rings (SSSR count). The predicted molar refractivity (Wildman–Crippen MR) is 82.6 cm³/mol. The van der Waals surface area contributed by atoms with Crippen LogP contribution in [-0.2, 0) is 4.79 Å². The van der Waals surface area contributed by atoms with E-state index in [0.717, 1.165) is 25.7 Å². The third-order valence-corrected chi connectivity index (χ3v) is 5.45. The van der Waals surface area contributed by atoms with Gasteiger partial charge in [0.05, 0.1) is 5.41 Å². The number of aliphatic carboxylic acids is 1. The summed E-state index contributed by atoms with van der Waals surface area (Å²) >= 11 is 0. The van der Waals surface area contributed by atoms with Crippen LogP contribution in [0.4, 0.5) is 0 Å². The van der Waals surface area contributed by atoms with Crippen LogP contribution in [0.2, 0.25) is 0 Å². The molecule has 2 nitrogen and oxygen atoms in total. The van der Waals surface area contributed by atoms with Crippen LogP contribution in [0.3, 0.4) is 0 Å². The number of carboxylic acids is 1. The van der Waals surface area contributed by atoms with E-state index in [0.29, 0.717) is 11.8 Å². The second kappa shape index (κ2) is 7.28. The molecule has 2 aliphatic rings. The number of carboxylic acid groups (broad SMARTS) is 1. The molecular weight excluding hydrogens is 248 g/mol. The summed E-state index contributed by atoms with van der Waals surface area (Å²) in [6.07, 6.45) is 17.1. The van der Waals surface area contributed by atoms with Gasteiger partial charge in [0, 0.05) is 0 Å². The second-order valence-electron chi connectivity index (χ2n) is 6.97. The van der Waals surface area contributed by atoms with Crippen LogP contribution in [0, 0.1) is 17.3 Å². The molecule has 0 aromatic heterocycles.